The van der Waals surface area contributed by atoms with Gasteiger partial charge in [0.25, 0.3) is 0 Å². The van der Waals surface area contributed by atoms with Crippen LogP contribution in [0.5, 0.6) is 0 Å². The first-order chi connectivity index (χ1) is 12.7. The van der Waals surface area contributed by atoms with Gasteiger partial charge in [-0.1, -0.05) is 83.5 Å². The lowest BCUT2D eigenvalue weighted by molar-refractivity contribution is 0.719. The third kappa shape index (κ3) is 4.79. The molecule has 3 aromatic rings. The molecule has 0 unspecified atom stereocenters. The molecule has 0 amide bonds. The van der Waals surface area contributed by atoms with Gasteiger partial charge in [0.2, 0.25) is 0 Å². The van der Waals surface area contributed by atoms with Gasteiger partial charge in [-0.2, -0.15) is 0 Å². The van der Waals surface area contributed by atoms with Crippen molar-refractivity contribution in [2.24, 2.45) is 0 Å². The van der Waals surface area contributed by atoms with E-state index in [9.17, 15) is 0 Å². The Morgan fingerprint density at radius 2 is 1.81 bits per heavy atom. The van der Waals surface area contributed by atoms with Gasteiger partial charge in [-0.05, 0) is 29.3 Å². The summed E-state index contributed by atoms with van der Waals surface area (Å²) >= 11 is 13.7. The van der Waals surface area contributed by atoms with Gasteiger partial charge >= 0.3 is 0 Å². The molecule has 0 aliphatic rings. The van der Waals surface area contributed by atoms with Crippen LogP contribution in [-0.2, 0) is 12.3 Å². The Morgan fingerprint density at radius 3 is 2.54 bits per heavy atom. The van der Waals surface area contributed by atoms with E-state index in [1.165, 1.54) is 0 Å². The molecular weight excluding hydrogens is 385 g/mol. The molecule has 2 aromatic carbocycles. The van der Waals surface area contributed by atoms with Crippen molar-refractivity contribution in [1.29, 1.82) is 0 Å². The van der Waals surface area contributed by atoms with E-state index in [1.54, 1.807) is 11.8 Å². The van der Waals surface area contributed by atoms with Crippen molar-refractivity contribution < 1.29 is 0 Å². The Labute approximate surface area is 167 Å². The molecule has 132 valence electrons. The molecule has 0 aliphatic heterocycles. The average Bonchev–Trinajstić information content (AvgIpc) is 3.04. The van der Waals surface area contributed by atoms with Crippen LogP contribution in [0, 0.1) is 0 Å². The monoisotopic (exact) mass is 401 g/mol. The zero-order valence-corrected chi connectivity index (χ0v) is 16.3. The zero-order valence-electron chi connectivity index (χ0n) is 14.0. The van der Waals surface area contributed by atoms with E-state index in [0.29, 0.717) is 16.6 Å². The molecule has 0 saturated carbocycles. The molecule has 0 saturated heterocycles. The molecule has 0 aliphatic carbocycles. The molecule has 0 fully saturated rings. The number of nitrogens with zero attached hydrogens (tertiary/aromatic N) is 3. The lowest BCUT2D eigenvalue weighted by atomic mass is 10.2. The molecule has 3 nitrogen and oxygen atoms in total. The molecule has 0 bridgehead atoms. The number of allylic oxidation sites excluding steroid dienone is 1. The molecule has 0 spiro atoms. The zero-order chi connectivity index (χ0) is 18.4. The maximum atomic E-state index is 6.08. The number of hydrogen-bond donors (Lipinski definition) is 0. The van der Waals surface area contributed by atoms with E-state index < -0.39 is 0 Å². The highest BCUT2D eigenvalue weighted by atomic mass is 35.5. The minimum absolute atomic E-state index is 0.559. The second-order valence-electron chi connectivity index (χ2n) is 5.52. The fourth-order valence-electron chi connectivity index (χ4n) is 2.34. The molecule has 6 heteroatoms. The van der Waals surface area contributed by atoms with Gasteiger partial charge in [-0.3, -0.25) is 4.57 Å². The highest BCUT2D eigenvalue weighted by molar-refractivity contribution is 7.98. The SMILES string of the molecule is C=CCn1c(/C=C/c2ccccc2)nnc1SCc1ccc(Cl)c(Cl)c1. The molecular formula is C20H17Cl2N3S. The Bertz CT molecular complexity index is 920. The van der Waals surface area contributed by atoms with Crippen LogP contribution in [-0.4, -0.2) is 14.8 Å². The third-order valence-corrected chi connectivity index (χ3v) is 5.41. The van der Waals surface area contributed by atoms with Gasteiger partial charge in [-0.15, -0.1) is 16.8 Å². The van der Waals surface area contributed by atoms with Crippen LogP contribution >= 0.6 is 35.0 Å². The van der Waals surface area contributed by atoms with Gasteiger partial charge < -0.3 is 0 Å². The second kappa shape index (κ2) is 9.08. The predicted octanol–water partition coefficient (Wildman–Crippen LogP) is 6.23. The Hall–Kier alpha value is -2.01. The van der Waals surface area contributed by atoms with Crippen LogP contribution in [0.25, 0.3) is 12.2 Å². The van der Waals surface area contributed by atoms with E-state index in [-0.39, 0.29) is 0 Å². The number of benzene rings is 2. The maximum absolute atomic E-state index is 6.08. The molecule has 0 atom stereocenters. The quantitative estimate of drug-likeness (QED) is 0.347. The van der Waals surface area contributed by atoms with Gasteiger partial charge in [0.05, 0.1) is 10.0 Å². The minimum Gasteiger partial charge on any atom is -0.299 e. The van der Waals surface area contributed by atoms with Crippen molar-refractivity contribution in [3.63, 3.8) is 0 Å². The van der Waals surface area contributed by atoms with Crippen molar-refractivity contribution in [3.8, 4) is 0 Å². The summed E-state index contributed by atoms with van der Waals surface area (Å²) in [6, 6.07) is 15.7. The fourth-order valence-corrected chi connectivity index (χ4v) is 3.56. The Kier molecular flexibility index (Phi) is 6.56. The van der Waals surface area contributed by atoms with Gasteiger partial charge in [0.15, 0.2) is 11.0 Å². The summed E-state index contributed by atoms with van der Waals surface area (Å²) in [5, 5.41) is 10.6. The fraction of sp³-hybridized carbons (Fsp3) is 0.100. The third-order valence-electron chi connectivity index (χ3n) is 3.63. The first-order valence-electron chi connectivity index (χ1n) is 8.01. The van der Waals surface area contributed by atoms with Gasteiger partial charge in [0.1, 0.15) is 0 Å². The van der Waals surface area contributed by atoms with Crippen LogP contribution in [0.4, 0.5) is 0 Å². The van der Waals surface area contributed by atoms with Crippen LogP contribution < -0.4 is 0 Å². The lowest BCUT2D eigenvalue weighted by Gasteiger charge is -2.06. The van der Waals surface area contributed by atoms with Crippen LogP contribution in [0.3, 0.4) is 0 Å². The highest BCUT2D eigenvalue weighted by Gasteiger charge is 2.10. The first kappa shape index (κ1) is 18.8. The van der Waals surface area contributed by atoms with E-state index in [1.807, 2.05) is 71.3 Å². The standard InChI is InChI=1S/C20H17Cl2N3S/c1-2-12-25-19(11-9-15-6-4-3-5-7-15)23-24-20(25)26-14-16-8-10-17(21)18(22)13-16/h2-11,13H,1,12,14H2/b11-9+. The highest BCUT2D eigenvalue weighted by Crippen LogP contribution is 2.27. The van der Waals surface area contributed by atoms with E-state index >= 15 is 0 Å². The van der Waals surface area contributed by atoms with Crippen molar-refractivity contribution in [2.45, 2.75) is 17.5 Å². The normalized spacial score (nSPS) is 11.2. The maximum Gasteiger partial charge on any atom is 0.192 e. The summed E-state index contributed by atoms with van der Waals surface area (Å²) in [7, 11) is 0. The Balaban J connectivity index is 1.77. The molecule has 3 rings (SSSR count). The number of aromatic nitrogens is 3. The molecule has 1 heterocycles. The van der Waals surface area contributed by atoms with Crippen molar-refractivity contribution in [1.82, 2.24) is 14.8 Å². The molecule has 0 N–H and O–H groups in total. The summed E-state index contributed by atoms with van der Waals surface area (Å²) in [6.07, 6.45) is 5.83. The van der Waals surface area contributed by atoms with Crippen molar-refractivity contribution in [2.75, 3.05) is 0 Å². The number of rotatable bonds is 7. The summed E-state index contributed by atoms with van der Waals surface area (Å²) in [5.74, 6) is 1.53. The van der Waals surface area contributed by atoms with Gasteiger partial charge in [0, 0.05) is 12.3 Å². The summed E-state index contributed by atoms with van der Waals surface area (Å²) in [4.78, 5) is 0. The van der Waals surface area contributed by atoms with Crippen LogP contribution in [0.1, 0.15) is 17.0 Å². The topological polar surface area (TPSA) is 30.7 Å². The smallest absolute Gasteiger partial charge is 0.192 e. The van der Waals surface area contributed by atoms with E-state index in [4.69, 9.17) is 23.2 Å². The average molecular weight is 402 g/mol. The molecule has 0 radical (unpaired) electrons. The number of halogens is 2. The van der Waals surface area contributed by atoms with Crippen LogP contribution in [0.15, 0.2) is 66.3 Å². The number of hydrogen-bond acceptors (Lipinski definition) is 3. The minimum atomic E-state index is 0.559. The van der Waals surface area contributed by atoms with Crippen molar-refractivity contribution in [3.05, 3.63) is 88.2 Å². The lowest BCUT2D eigenvalue weighted by Crippen LogP contribution is -2.00. The molecule has 26 heavy (non-hydrogen) atoms. The predicted molar refractivity (Wildman–Crippen MR) is 112 cm³/mol. The molecule has 1 aromatic heterocycles. The number of thioether (sulfide) groups is 1. The van der Waals surface area contributed by atoms with E-state index in [0.717, 1.165) is 27.9 Å². The van der Waals surface area contributed by atoms with Crippen molar-refractivity contribution >= 4 is 47.1 Å². The second-order valence-corrected chi connectivity index (χ2v) is 7.28. The Morgan fingerprint density at radius 1 is 1.00 bits per heavy atom. The largest absolute Gasteiger partial charge is 0.299 e. The summed E-state index contributed by atoms with van der Waals surface area (Å²) in [5.41, 5.74) is 2.20. The summed E-state index contributed by atoms with van der Waals surface area (Å²) in [6.45, 7) is 4.48. The van der Waals surface area contributed by atoms with Gasteiger partial charge in [-0.25, -0.2) is 0 Å². The van der Waals surface area contributed by atoms with Crippen LogP contribution in [0.2, 0.25) is 10.0 Å². The first-order valence-corrected chi connectivity index (χ1v) is 9.75. The summed E-state index contributed by atoms with van der Waals surface area (Å²) < 4.78 is 2.04. The van der Waals surface area contributed by atoms with E-state index in [2.05, 4.69) is 16.8 Å².